The van der Waals surface area contributed by atoms with Crippen LogP contribution in [0.3, 0.4) is 0 Å². The lowest BCUT2D eigenvalue weighted by Gasteiger charge is -2.26. The number of nitrogens with one attached hydrogen (secondary N) is 1. The lowest BCUT2D eigenvalue weighted by atomic mass is 10.2. The predicted molar refractivity (Wildman–Crippen MR) is 101 cm³/mol. The van der Waals surface area contributed by atoms with E-state index in [1.165, 1.54) is 16.4 Å². The van der Waals surface area contributed by atoms with E-state index in [0.29, 0.717) is 24.3 Å². The second-order valence-electron chi connectivity index (χ2n) is 6.17. The van der Waals surface area contributed by atoms with Crippen LogP contribution in [0.15, 0.2) is 53.4 Å². The zero-order valence-corrected chi connectivity index (χ0v) is 15.1. The molecule has 1 saturated heterocycles. The van der Waals surface area contributed by atoms with Gasteiger partial charge in [-0.1, -0.05) is 24.5 Å². The highest BCUT2D eigenvalue weighted by atomic mass is 32.2. The van der Waals surface area contributed by atoms with E-state index in [9.17, 15) is 13.2 Å². The number of terminal acetylenes is 1. The lowest BCUT2D eigenvalue weighted by molar-refractivity contribution is 0.102. The van der Waals surface area contributed by atoms with Crippen molar-refractivity contribution in [2.45, 2.75) is 24.2 Å². The molecule has 1 amide bonds. The molecule has 1 aliphatic rings. The fourth-order valence-corrected chi connectivity index (χ4v) is 4.51. The van der Waals surface area contributed by atoms with Crippen LogP contribution in [0.25, 0.3) is 0 Å². The SMILES string of the molecule is C#Cc1cccc(NC(=O)c2cccc(S(=O)(=O)N3CCCCC3)c2)c1. The summed E-state index contributed by atoms with van der Waals surface area (Å²) < 4.78 is 27.0. The molecule has 3 rings (SSSR count). The maximum atomic E-state index is 12.8. The molecule has 0 aromatic heterocycles. The van der Waals surface area contributed by atoms with Crippen molar-refractivity contribution in [2.75, 3.05) is 18.4 Å². The number of sulfonamides is 1. The average Bonchev–Trinajstić information content (AvgIpc) is 2.69. The molecule has 1 fully saturated rings. The number of anilines is 1. The molecule has 26 heavy (non-hydrogen) atoms. The Labute approximate surface area is 154 Å². The molecule has 0 radical (unpaired) electrons. The van der Waals surface area contributed by atoms with Gasteiger partial charge in [0.1, 0.15) is 0 Å². The van der Waals surface area contributed by atoms with E-state index < -0.39 is 10.0 Å². The second kappa shape index (κ2) is 7.73. The molecule has 0 spiro atoms. The van der Waals surface area contributed by atoms with Gasteiger partial charge in [-0.2, -0.15) is 4.31 Å². The van der Waals surface area contributed by atoms with Gasteiger partial charge >= 0.3 is 0 Å². The van der Waals surface area contributed by atoms with Crippen molar-refractivity contribution in [3.8, 4) is 12.3 Å². The van der Waals surface area contributed by atoms with Crippen LogP contribution in [0, 0.1) is 12.3 Å². The molecule has 1 N–H and O–H groups in total. The minimum atomic E-state index is -3.57. The van der Waals surface area contributed by atoms with Gasteiger partial charge in [-0.05, 0) is 49.2 Å². The van der Waals surface area contributed by atoms with Crippen molar-refractivity contribution in [1.29, 1.82) is 0 Å². The monoisotopic (exact) mass is 368 g/mol. The van der Waals surface area contributed by atoms with Crippen LogP contribution in [0.2, 0.25) is 0 Å². The molecule has 1 aliphatic heterocycles. The Hall–Kier alpha value is -2.62. The Balaban J connectivity index is 1.82. The Kier molecular flexibility index (Phi) is 5.40. The molecule has 0 atom stereocenters. The molecule has 6 heteroatoms. The first-order chi connectivity index (χ1) is 12.5. The predicted octanol–water partition coefficient (Wildman–Crippen LogP) is 3.09. The van der Waals surface area contributed by atoms with E-state index in [2.05, 4.69) is 11.2 Å². The molecular formula is C20H20N2O3S. The summed E-state index contributed by atoms with van der Waals surface area (Å²) in [4.78, 5) is 12.6. The van der Waals surface area contributed by atoms with Crippen molar-refractivity contribution < 1.29 is 13.2 Å². The van der Waals surface area contributed by atoms with E-state index >= 15 is 0 Å². The van der Waals surface area contributed by atoms with Crippen LogP contribution in [-0.4, -0.2) is 31.7 Å². The largest absolute Gasteiger partial charge is 0.322 e. The van der Waals surface area contributed by atoms with E-state index in [1.807, 2.05) is 0 Å². The Morgan fingerprint density at radius 2 is 1.77 bits per heavy atom. The van der Waals surface area contributed by atoms with Gasteiger partial charge in [0.15, 0.2) is 0 Å². The summed E-state index contributed by atoms with van der Waals surface area (Å²) in [5, 5.41) is 2.75. The molecule has 2 aromatic carbocycles. The third-order valence-electron chi connectivity index (χ3n) is 4.34. The molecule has 134 valence electrons. The number of hydrogen-bond acceptors (Lipinski definition) is 3. The topological polar surface area (TPSA) is 66.5 Å². The fourth-order valence-electron chi connectivity index (χ4n) is 2.94. The van der Waals surface area contributed by atoms with Crippen molar-refractivity contribution in [1.82, 2.24) is 4.31 Å². The van der Waals surface area contributed by atoms with E-state index in [-0.39, 0.29) is 16.4 Å². The molecule has 2 aromatic rings. The zero-order valence-electron chi connectivity index (χ0n) is 14.3. The van der Waals surface area contributed by atoms with Gasteiger partial charge in [0.2, 0.25) is 10.0 Å². The summed E-state index contributed by atoms with van der Waals surface area (Å²) in [7, 11) is -3.57. The summed E-state index contributed by atoms with van der Waals surface area (Å²) in [6.45, 7) is 1.05. The molecule has 0 unspecified atom stereocenters. The third kappa shape index (κ3) is 3.96. The summed E-state index contributed by atoms with van der Waals surface area (Å²) in [6, 6.07) is 13.1. The molecule has 0 bridgehead atoms. The van der Waals surface area contributed by atoms with E-state index in [0.717, 1.165) is 19.3 Å². The third-order valence-corrected chi connectivity index (χ3v) is 6.23. The maximum Gasteiger partial charge on any atom is 0.255 e. The Morgan fingerprint density at radius 1 is 1.04 bits per heavy atom. The first-order valence-electron chi connectivity index (χ1n) is 8.49. The average molecular weight is 368 g/mol. The van der Waals surface area contributed by atoms with Gasteiger partial charge in [-0.3, -0.25) is 4.79 Å². The van der Waals surface area contributed by atoms with Gasteiger partial charge in [0.25, 0.3) is 5.91 Å². The molecule has 5 nitrogen and oxygen atoms in total. The second-order valence-corrected chi connectivity index (χ2v) is 8.11. The number of carbonyl (C=O) groups excluding carboxylic acids is 1. The molecular weight excluding hydrogens is 348 g/mol. The van der Waals surface area contributed by atoms with Crippen LogP contribution in [0.1, 0.15) is 35.2 Å². The molecule has 0 saturated carbocycles. The Bertz CT molecular complexity index is 955. The minimum absolute atomic E-state index is 0.143. The number of piperidine rings is 1. The summed E-state index contributed by atoms with van der Waals surface area (Å²) >= 11 is 0. The van der Waals surface area contributed by atoms with Crippen LogP contribution >= 0.6 is 0 Å². The maximum absolute atomic E-state index is 12.8. The van der Waals surface area contributed by atoms with Crippen molar-refractivity contribution in [2.24, 2.45) is 0 Å². The smallest absolute Gasteiger partial charge is 0.255 e. The fraction of sp³-hybridized carbons (Fsp3) is 0.250. The molecule has 1 heterocycles. The standard InChI is InChI=1S/C20H20N2O3S/c1-2-16-8-6-10-18(14-16)21-20(23)17-9-7-11-19(15-17)26(24,25)22-12-4-3-5-13-22/h1,6-11,14-15H,3-5,12-13H2,(H,21,23). The van der Waals surface area contributed by atoms with E-state index in [1.54, 1.807) is 36.4 Å². The first kappa shape index (κ1) is 18.2. The van der Waals surface area contributed by atoms with Crippen molar-refractivity contribution in [3.05, 3.63) is 59.7 Å². The minimum Gasteiger partial charge on any atom is -0.322 e. The van der Waals surface area contributed by atoms with Crippen LogP contribution in [0.5, 0.6) is 0 Å². The molecule has 0 aliphatic carbocycles. The zero-order chi connectivity index (χ0) is 18.6. The summed E-state index contributed by atoms with van der Waals surface area (Å²) in [5.41, 5.74) is 1.51. The van der Waals surface area contributed by atoms with Crippen molar-refractivity contribution in [3.63, 3.8) is 0 Å². The Morgan fingerprint density at radius 3 is 2.50 bits per heavy atom. The summed E-state index contributed by atoms with van der Waals surface area (Å²) in [5.74, 6) is 2.13. The highest BCUT2D eigenvalue weighted by Gasteiger charge is 2.26. The van der Waals surface area contributed by atoms with E-state index in [4.69, 9.17) is 6.42 Å². The van der Waals surface area contributed by atoms with Crippen LogP contribution in [-0.2, 0) is 10.0 Å². The van der Waals surface area contributed by atoms with Crippen LogP contribution < -0.4 is 5.32 Å². The first-order valence-corrected chi connectivity index (χ1v) is 9.93. The summed E-state index contributed by atoms with van der Waals surface area (Å²) in [6.07, 6.45) is 8.14. The van der Waals surface area contributed by atoms with Crippen molar-refractivity contribution >= 4 is 21.6 Å². The highest BCUT2D eigenvalue weighted by molar-refractivity contribution is 7.89. The number of nitrogens with zero attached hydrogens (tertiary/aromatic N) is 1. The normalized spacial score (nSPS) is 15.2. The highest BCUT2D eigenvalue weighted by Crippen LogP contribution is 2.22. The lowest BCUT2D eigenvalue weighted by Crippen LogP contribution is -2.35. The number of rotatable bonds is 4. The number of carbonyl (C=O) groups is 1. The van der Waals surface area contributed by atoms with Gasteiger partial charge in [0.05, 0.1) is 4.90 Å². The quantitative estimate of drug-likeness (QED) is 0.844. The number of amides is 1. The van der Waals surface area contributed by atoms with Gasteiger partial charge < -0.3 is 5.32 Å². The van der Waals surface area contributed by atoms with Gasteiger partial charge in [-0.15, -0.1) is 6.42 Å². The van der Waals surface area contributed by atoms with Gasteiger partial charge in [0, 0.05) is 29.9 Å². The van der Waals surface area contributed by atoms with Crippen LogP contribution in [0.4, 0.5) is 5.69 Å². The number of benzene rings is 2. The number of hydrogen-bond donors (Lipinski definition) is 1. The van der Waals surface area contributed by atoms with Gasteiger partial charge in [-0.25, -0.2) is 8.42 Å².